The van der Waals surface area contributed by atoms with Gasteiger partial charge in [0.25, 0.3) is 0 Å². The number of carbonyl (C=O) groups excluding carboxylic acids is 1. The third kappa shape index (κ3) is 7.15. The van der Waals surface area contributed by atoms with Crippen LogP contribution < -0.4 is 14.8 Å². The lowest BCUT2D eigenvalue weighted by molar-refractivity contribution is -0.115. The third-order valence-corrected chi connectivity index (χ3v) is 8.26. The number of thiazole rings is 1. The van der Waals surface area contributed by atoms with Crippen molar-refractivity contribution in [3.63, 3.8) is 0 Å². The van der Waals surface area contributed by atoms with Gasteiger partial charge in [0, 0.05) is 34.2 Å². The number of hydrogen-bond acceptors (Lipinski definition) is 9. The van der Waals surface area contributed by atoms with Gasteiger partial charge in [-0.1, -0.05) is 41.0 Å². The number of nitrogens with one attached hydrogen (secondary N) is 1. The van der Waals surface area contributed by atoms with Gasteiger partial charge in [-0.15, -0.1) is 21.5 Å². The first kappa shape index (κ1) is 28.8. The molecule has 12 heteroatoms. The predicted molar refractivity (Wildman–Crippen MR) is 165 cm³/mol. The molecule has 0 fully saturated rings. The van der Waals surface area contributed by atoms with E-state index in [0.29, 0.717) is 43.2 Å². The van der Waals surface area contributed by atoms with Crippen LogP contribution in [0, 0.1) is 0 Å². The average molecular weight is 625 g/mol. The molecule has 0 aliphatic rings. The summed E-state index contributed by atoms with van der Waals surface area (Å²) in [7, 11) is 3.25. The third-order valence-electron chi connectivity index (χ3n) is 5.92. The van der Waals surface area contributed by atoms with Crippen molar-refractivity contribution in [2.75, 3.05) is 25.3 Å². The van der Waals surface area contributed by atoms with Crippen molar-refractivity contribution in [3.8, 4) is 45.3 Å². The number of ether oxygens (including phenoxy) is 2. The summed E-state index contributed by atoms with van der Waals surface area (Å²) in [6, 6.07) is 20.5. The normalized spacial score (nSPS) is 10.8. The van der Waals surface area contributed by atoms with Crippen molar-refractivity contribution >= 4 is 57.3 Å². The number of amides is 1. The molecule has 41 heavy (non-hydrogen) atoms. The Morgan fingerprint density at radius 2 is 1.46 bits per heavy atom. The molecule has 0 atom stereocenters. The van der Waals surface area contributed by atoms with E-state index in [0.717, 1.165) is 28.2 Å². The topological polar surface area (TPSA) is 99.1 Å². The van der Waals surface area contributed by atoms with E-state index in [4.69, 9.17) is 37.7 Å². The van der Waals surface area contributed by atoms with Gasteiger partial charge in [0.05, 0.1) is 30.0 Å². The van der Waals surface area contributed by atoms with Crippen LogP contribution >= 0.6 is 46.3 Å². The second-order valence-electron chi connectivity index (χ2n) is 8.56. The minimum Gasteiger partial charge on any atom is -0.497 e. The highest BCUT2D eigenvalue weighted by atomic mass is 35.5. The van der Waals surface area contributed by atoms with Crippen molar-refractivity contribution in [3.05, 3.63) is 82.2 Å². The minimum atomic E-state index is -0.161. The van der Waals surface area contributed by atoms with Crippen LogP contribution in [0.3, 0.4) is 0 Å². The van der Waals surface area contributed by atoms with E-state index in [2.05, 4.69) is 20.5 Å². The fourth-order valence-corrected chi connectivity index (χ4v) is 5.56. The molecule has 3 aromatic carbocycles. The maximum Gasteiger partial charge on any atom is 0.226 e. The molecule has 0 unspecified atom stereocenters. The van der Waals surface area contributed by atoms with Gasteiger partial charge < -0.3 is 14.8 Å². The van der Waals surface area contributed by atoms with Gasteiger partial charge in [-0.2, -0.15) is 0 Å². The van der Waals surface area contributed by atoms with Gasteiger partial charge in [-0.25, -0.2) is 9.97 Å². The van der Waals surface area contributed by atoms with E-state index in [-0.39, 0.29) is 12.3 Å². The maximum atomic E-state index is 12.6. The lowest BCUT2D eigenvalue weighted by atomic mass is 10.0. The first-order valence-corrected chi connectivity index (χ1v) is 14.9. The molecule has 0 aliphatic carbocycles. The number of thioether (sulfide) groups is 1. The number of benzene rings is 3. The van der Waals surface area contributed by atoms with Crippen molar-refractivity contribution in [2.45, 2.75) is 11.6 Å². The van der Waals surface area contributed by atoms with Crippen LogP contribution in [-0.2, 0) is 4.79 Å². The van der Waals surface area contributed by atoms with Crippen LogP contribution in [0.4, 0.5) is 5.13 Å². The standard InChI is InChI=1S/C29H23Cl2N5O3S2/c1-38-20-8-3-17(4-9-20)26-27(18-5-10-21(39-2)11-6-18)35-36-29(34-26)40-14-13-25(37)33-28-32-24(16-41-28)19-7-12-22(30)23(31)15-19/h3-12,15-16H,13-14H2,1-2H3,(H,32,33,37). The molecular formula is C29H23Cl2N5O3S2. The van der Waals surface area contributed by atoms with Crippen LogP contribution in [0.2, 0.25) is 10.0 Å². The summed E-state index contributed by atoms with van der Waals surface area (Å²) in [5.41, 5.74) is 4.57. The first-order chi connectivity index (χ1) is 19.9. The summed E-state index contributed by atoms with van der Waals surface area (Å²) in [5.74, 6) is 1.79. The summed E-state index contributed by atoms with van der Waals surface area (Å²) in [6.07, 6.45) is 0.244. The smallest absolute Gasteiger partial charge is 0.226 e. The van der Waals surface area contributed by atoms with Crippen LogP contribution in [0.25, 0.3) is 33.8 Å². The summed E-state index contributed by atoms with van der Waals surface area (Å²) in [6.45, 7) is 0. The molecule has 8 nitrogen and oxygen atoms in total. The molecule has 0 aliphatic heterocycles. The second-order valence-corrected chi connectivity index (χ2v) is 11.3. The Hall–Kier alpha value is -3.70. The Morgan fingerprint density at radius 1 is 0.829 bits per heavy atom. The number of halogens is 2. The monoisotopic (exact) mass is 623 g/mol. The van der Waals surface area contributed by atoms with Gasteiger partial charge in [-0.05, 0) is 60.7 Å². The molecular weight excluding hydrogens is 601 g/mol. The molecule has 1 N–H and O–H groups in total. The lowest BCUT2D eigenvalue weighted by Gasteiger charge is -2.10. The van der Waals surface area contributed by atoms with Crippen molar-refractivity contribution < 1.29 is 14.3 Å². The molecule has 0 saturated carbocycles. The Bertz CT molecular complexity index is 1660. The number of aromatic nitrogens is 4. The second kappa shape index (κ2) is 13.3. The molecule has 208 valence electrons. The molecule has 1 amide bonds. The van der Waals surface area contributed by atoms with Gasteiger partial charge in [-0.3, -0.25) is 4.79 Å². The SMILES string of the molecule is COc1ccc(-c2nnc(SCCC(=O)Nc3nc(-c4ccc(Cl)c(Cl)c4)cs3)nc2-c2ccc(OC)cc2)cc1. The predicted octanol–water partition coefficient (Wildman–Crippen LogP) is 7.77. The summed E-state index contributed by atoms with van der Waals surface area (Å²) < 4.78 is 10.6. The van der Waals surface area contributed by atoms with Gasteiger partial charge in [0.2, 0.25) is 11.1 Å². The number of hydrogen-bond donors (Lipinski definition) is 1. The quantitative estimate of drug-likeness (QED) is 0.157. The zero-order valence-corrected chi connectivity index (χ0v) is 25.1. The minimum absolute atomic E-state index is 0.161. The van der Waals surface area contributed by atoms with E-state index in [1.807, 2.05) is 60.0 Å². The van der Waals surface area contributed by atoms with Crippen LogP contribution in [-0.4, -0.2) is 46.0 Å². The first-order valence-electron chi connectivity index (χ1n) is 12.3. The van der Waals surface area contributed by atoms with E-state index in [1.54, 1.807) is 26.4 Å². The van der Waals surface area contributed by atoms with Crippen LogP contribution in [0.1, 0.15) is 6.42 Å². The Labute approximate surface area is 255 Å². The van der Waals surface area contributed by atoms with E-state index >= 15 is 0 Å². The Morgan fingerprint density at radius 3 is 2.10 bits per heavy atom. The Kier molecular flexibility index (Phi) is 9.35. The van der Waals surface area contributed by atoms with E-state index < -0.39 is 0 Å². The number of carbonyl (C=O) groups is 1. The fraction of sp³-hybridized carbons (Fsp3) is 0.138. The molecule has 0 radical (unpaired) electrons. The Balaban J connectivity index is 1.26. The molecule has 0 saturated heterocycles. The van der Waals surface area contributed by atoms with E-state index in [1.165, 1.54) is 23.1 Å². The van der Waals surface area contributed by atoms with Crippen molar-refractivity contribution in [2.24, 2.45) is 0 Å². The van der Waals surface area contributed by atoms with Crippen LogP contribution in [0.5, 0.6) is 11.5 Å². The molecule has 0 bridgehead atoms. The number of nitrogens with zero attached hydrogens (tertiary/aromatic N) is 4. The summed E-state index contributed by atoms with van der Waals surface area (Å²) >= 11 is 14.8. The fourth-order valence-electron chi connectivity index (χ4n) is 3.80. The zero-order chi connectivity index (χ0) is 28.8. The number of methoxy groups -OCH3 is 2. The van der Waals surface area contributed by atoms with Gasteiger partial charge in [0.1, 0.15) is 22.9 Å². The molecule has 0 spiro atoms. The highest BCUT2D eigenvalue weighted by Gasteiger charge is 2.16. The lowest BCUT2D eigenvalue weighted by Crippen LogP contribution is -2.12. The number of rotatable bonds is 10. The highest BCUT2D eigenvalue weighted by Crippen LogP contribution is 2.33. The van der Waals surface area contributed by atoms with Crippen molar-refractivity contribution in [1.82, 2.24) is 20.2 Å². The molecule has 5 rings (SSSR count). The molecule has 2 heterocycles. The van der Waals surface area contributed by atoms with Gasteiger partial charge >= 0.3 is 0 Å². The average Bonchev–Trinajstić information content (AvgIpc) is 3.47. The van der Waals surface area contributed by atoms with Crippen molar-refractivity contribution in [1.29, 1.82) is 0 Å². The zero-order valence-electron chi connectivity index (χ0n) is 21.9. The molecule has 5 aromatic rings. The summed E-state index contributed by atoms with van der Waals surface area (Å²) in [4.78, 5) is 21.9. The summed E-state index contributed by atoms with van der Waals surface area (Å²) in [5, 5.41) is 15.4. The largest absolute Gasteiger partial charge is 0.497 e. The highest BCUT2D eigenvalue weighted by molar-refractivity contribution is 7.99. The van der Waals surface area contributed by atoms with E-state index in [9.17, 15) is 4.79 Å². The number of anilines is 1. The molecule has 2 aromatic heterocycles. The maximum absolute atomic E-state index is 12.6. The van der Waals surface area contributed by atoms with Crippen LogP contribution in [0.15, 0.2) is 77.3 Å². The van der Waals surface area contributed by atoms with Gasteiger partial charge in [0.15, 0.2) is 5.13 Å².